The van der Waals surface area contributed by atoms with E-state index < -0.39 is 11.9 Å². The van der Waals surface area contributed by atoms with Crippen LogP contribution in [0.3, 0.4) is 0 Å². The van der Waals surface area contributed by atoms with Crippen LogP contribution in [0.15, 0.2) is 47.6 Å². The molecule has 0 aromatic heterocycles. The Morgan fingerprint density at radius 1 is 1.07 bits per heavy atom. The van der Waals surface area contributed by atoms with Crippen molar-refractivity contribution in [1.29, 1.82) is 0 Å². The number of rotatable bonds is 9. The highest BCUT2D eigenvalue weighted by molar-refractivity contribution is 5.87. The maximum absolute atomic E-state index is 12.1. The summed E-state index contributed by atoms with van der Waals surface area (Å²) in [6.45, 7) is 8.06. The van der Waals surface area contributed by atoms with Gasteiger partial charge in [-0.2, -0.15) is 0 Å². The fourth-order valence-corrected chi connectivity index (χ4v) is 2.23. The van der Waals surface area contributed by atoms with E-state index in [1.165, 1.54) is 24.8 Å². The minimum atomic E-state index is -0.446. The van der Waals surface area contributed by atoms with Crippen molar-refractivity contribution in [2.24, 2.45) is 0 Å². The van der Waals surface area contributed by atoms with Crippen LogP contribution in [0, 0.1) is 0 Å². The van der Waals surface area contributed by atoms with E-state index in [0.29, 0.717) is 18.1 Å². The van der Waals surface area contributed by atoms with Crippen molar-refractivity contribution < 1.29 is 23.8 Å². The molecule has 0 fully saturated rings. The van der Waals surface area contributed by atoms with Gasteiger partial charge in [-0.1, -0.05) is 23.3 Å². The van der Waals surface area contributed by atoms with E-state index in [0.717, 1.165) is 24.0 Å². The standard InChI is InChI=1S/C22H28O5/c1-6-26-21(23)13-11-18-10-12-19(20(15-18)25-5)27-22(24)14-17(4)9-7-8-16(2)3/h8,10-15H,6-7,9H2,1-5H3/b13-11+,17-14+. The normalized spacial score (nSPS) is 11.2. The highest BCUT2D eigenvalue weighted by Crippen LogP contribution is 2.29. The Kier molecular flexibility index (Phi) is 9.65. The zero-order valence-electron chi connectivity index (χ0n) is 16.7. The highest BCUT2D eigenvalue weighted by atomic mass is 16.6. The van der Waals surface area contributed by atoms with Gasteiger partial charge in [0.2, 0.25) is 0 Å². The first kappa shape index (κ1) is 22.2. The van der Waals surface area contributed by atoms with Gasteiger partial charge in [-0.3, -0.25) is 0 Å². The van der Waals surface area contributed by atoms with Crippen LogP contribution >= 0.6 is 0 Å². The van der Waals surface area contributed by atoms with Gasteiger partial charge in [-0.15, -0.1) is 0 Å². The molecular weight excluding hydrogens is 344 g/mol. The Hall–Kier alpha value is -2.82. The zero-order valence-corrected chi connectivity index (χ0v) is 16.7. The van der Waals surface area contributed by atoms with Crippen LogP contribution in [-0.2, 0) is 14.3 Å². The molecule has 0 heterocycles. The summed E-state index contributed by atoms with van der Waals surface area (Å²) in [5.41, 5.74) is 2.94. The summed E-state index contributed by atoms with van der Waals surface area (Å²) in [5, 5.41) is 0. The van der Waals surface area contributed by atoms with Crippen molar-refractivity contribution >= 4 is 18.0 Å². The molecule has 0 saturated heterocycles. The van der Waals surface area contributed by atoms with E-state index in [4.69, 9.17) is 14.2 Å². The number of methoxy groups -OCH3 is 1. The number of carbonyl (C=O) groups is 2. The molecule has 0 amide bonds. The van der Waals surface area contributed by atoms with Crippen LogP contribution in [0.4, 0.5) is 0 Å². The quantitative estimate of drug-likeness (QED) is 0.268. The summed E-state index contributed by atoms with van der Waals surface area (Å²) < 4.78 is 15.5. The van der Waals surface area contributed by atoms with Gasteiger partial charge in [0.1, 0.15) is 0 Å². The molecule has 27 heavy (non-hydrogen) atoms. The Balaban J connectivity index is 2.78. The Bertz CT molecular complexity index is 737. The predicted octanol–water partition coefficient (Wildman–Crippen LogP) is 4.87. The van der Waals surface area contributed by atoms with Gasteiger partial charge in [0.25, 0.3) is 0 Å². The summed E-state index contributed by atoms with van der Waals surface area (Å²) in [6, 6.07) is 5.05. The largest absolute Gasteiger partial charge is 0.493 e. The second-order valence-electron chi connectivity index (χ2n) is 6.23. The SMILES string of the molecule is CCOC(=O)/C=C/c1ccc(OC(=O)/C=C(\C)CCC=C(C)C)c(OC)c1. The third-order valence-electron chi connectivity index (χ3n) is 3.55. The highest BCUT2D eigenvalue weighted by Gasteiger charge is 2.09. The monoisotopic (exact) mass is 372 g/mol. The molecule has 5 nitrogen and oxygen atoms in total. The molecule has 0 unspecified atom stereocenters. The molecule has 0 spiro atoms. The number of hydrogen-bond acceptors (Lipinski definition) is 5. The molecule has 1 aromatic rings. The lowest BCUT2D eigenvalue weighted by molar-refractivity contribution is -0.137. The van der Waals surface area contributed by atoms with E-state index in [1.54, 1.807) is 31.2 Å². The number of carbonyl (C=O) groups excluding carboxylic acids is 2. The maximum Gasteiger partial charge on any atom is 0.336 e. The van der Waals surface area contributed by atoms with Crippen molar-refractivity contribution in [3.63, 3.8) is 0 Å². The van der Waals surface area contributed by atoms with Crippen LogP contribution in [0.2, 0.25) is 0 Å². The fraction of sp³-hybridized carbons (Fsp3) is 0.364. The number of allylic oxidation sites excluding steroid dienone is 3. The molecule has 1 aromatic carbocycles. The Labute approximate surface area is 161 Å². The van der Waals surface area contributed by atoms with Gasteiger partial charge in [-0.05, 0) is 64.3 Å². The Morgan fingerprint density at radius 3 is 2.44 bits per heavy atom. The summed E-state index contributed by atoms with van der Waals surface area (Å²) in [4.78, 5) is 23.5. The molecule has 0 atom stereocenters. The summed E-state index contributed by atoms with van der Waals surface area (Å²) in [5.74, 6) is -0.132. The smallest absolute Gasteiger partial charge is 0.336 e. The van der Waals surface area contributed by atoms with Crippen LogP contribution in [0.25, 0.3) is 6.08 Å². The minimum Gasteiger partial charge on any atom is -0.493 e. The van der Waals surface area contributed by atoms with Crippen molar-refractivity contribution in [2.45, 2.75) is 40.5 Å². The van der Waals surface area contributed by atoms with E-state index in [2.05, 4.69) is 6.08 Å². The lowest BCUT2D eigenvalue weighted by atomic mass is 10.1. The van der Waals surface area contributed by atoms with Gasteiger partial charge in [0.05, 0.1) is 13.7 Å². The van der Waals surface area contributed by atoms with E-state index in [1.807, 2.05) is 20.8 Å². The molecule has 0 aliphatic rings. The minimum absolute atomic E-state index is 0.322. The first-order valence-corrected chi connectivity index (χ1v) is 8.91. The number of ether oxygens (including phenoxy) is 3. The molecule has 146 valence electrons. The van der Waals surface area contributed by atoms with E-state index >= 15 is 0 Å². The molecule has 0 aliphatic heterocycles. The van der Waals surface area contributed by atoms with E-state index in [-0.39, 0.29) is 0 Å². The Morgan fingerprint density at radius 2 is 1.81 bits per heavy atom. The molecule has 0 saturated carbocycles. The third-order valence-corrected chi connectivity index (χ3v) is 3.55. The summed E-state index contributed by atoms with van der Waals surface area (Å²) in [7, 11) is 1.49. The van der Waals surface area contributed by atoms with Gasteiger partial charge in [-0.25, -0.2) is 9.59 Å². The number of benzene rings is 1. The third kappa shape index (κ3) is 8.90. The van der Waals surface area contributed by atoms with Crippen molar-refractivity contribution in [2.75, 3.05) is 13.7 Å². The van der Waals surface area contributed by atoms with Crippen LogP contribution in [0.1, 0.15) is 46.1 Å². The van der Waals surface area contributed by atoms with Gasteiger partial charge in [0, 0.05) is 12.2 Å². The van der Waals surface area contributed by atoms with Crippen LogP contribution in [0.5, 0.6) is 11.5 Å². The lowest BCUT2D eigenvalue weighted by Gasteiger charge is -2.09. The summed E-state index contributed by atoms with van der Waals surface area (Å²) >= 11 is 0. The first-order chi connectivity index (χ1) is 12.8. The second kappa shape index (κ2) is 11.7. The summed E-state index contributed by atoms with van der Waals surface area (Å²) in [6.07, 6.45) is 8.26. The molecule has 0 radical (unpaired) electrons. The zero-order chi connectivity index (χ0) is 20.2. The molecule has 0 N–H and O–H groups in total. The van der Waals surface area contributed by atoms with Crippen LogP contribution in [-0.4, -0.2) is 25.7 Å². The second-order valence-corrected chi connectivity index (χ2v) is 6.23. The van der Waals surface area contributed by atoms with Crippen molar-refractivity contribution in [1.82, 2.24) is 0 Å². The van der Waals surface area contributed by atoms with Gasteiger partial charge >= 0.3 is 11.9 Å². The molecule has 0 bridgehead atoms. The molecule has 1 rings (SSSR count). The number of esters is 2. The average Bonchev–Trinajstić information content (AvgIpc) is 2.60. The molecular formula is C22H28O5. The average molecular weight is 372 g/mol. The topological polar surface area (TPSA) is 61.8 Å². The maximum atomic E-state index is 12.1. The van der Waals surface area contributed by atoms with Gasteiger partial charge in [0.15, 0.2) is 11.5 Å². The number of hydrogen-bond donors (Lipinski definition) is 0. The lowest BCUT2D eigenvalue weighted by Crippen LogP contribution is -2.06. The molecule has 5 heteroatoms. The van der Waals surface area contributed by atoms with E-state index in [9.17, 15) is 9.59 Å². The molecule has 0 aliphatic carbocycles. The van der Waals surface area contributed by atoms with Gasteiger partial charge < -0.3 is 14.2 Å². The van der Waals surface area contributed by atoms with Crippen molar-refractivity contribution in [3.05, 3.63) is 53.1 Å². The van der Waals surface area contributed by atoms with Crippen LogP contribution < -0.4 is 9.47 Å². The fourth-order valence-electron chi connectivity index (χ4n) is 2.23. The predicted molar refractivity (Wildman–Crippen MR) is 107 cm³/mol. The van der Waals surface area contributed by atoms with Crippen molar-refractivity contribution in [3.8, 4) is 11.5 Å². The first-order valence-electron chi connectivity index (χ1n) is 8.91.